The van der Waals surface area contributed by atoms with Crippen molar-refractivity contribution in [3.63, 3.8) is 0 Å². The molecule has 3 heteroatoms. The maximum absolute atomic E-state index is 9.94. The van der Waals surface area contributed by atoms with Gasteiger partial charge in [0.05, 0.1) is 19.8 Å². The zero-order valence-corrected chi connectivity index (χ0v) is 7.93. The monoisotopic (exact) mass is 194 g/mol. The Hall–Kier alpha value is -0.900. The van der Waals surface area contributed by atoms with Gasteiger partial charge < -0.3 is 14.6 Å². The van der Waals surface area contributed by atoms with Gasteiger partial charge in [-0.3, -0.25) is 0 Å². The standard InChI is InChI=1S/C11H14O3/c12-11(9-4-2-1-3-5-9)10-8-13-6-7-14-10/h1-5,10-12H,6-8H2/t10-,11-/m1/s1. The average Bonchev–Trinajstić information content (AvgIpc) is 2.30. The highest BCUT2D eigenvalue weighted by atomic mass is 16.6. The van der Waals surface area contributed by atoms with Gasteiger partial charge in [0.2, 0.25) is 0 Å². The van der Waals surface area contributed by atoms with E-state index in [2.05, 4.69) is 0 Å². The quantitative estimate of drug-likeness (QED) is 0.767. The molecule has 2 atom stereocenters. The van der Waals surface area contributed by atoms with E-state index >= 15 is 0 Å². The van der Waals surface area contributed by atoms with Crippen LogP contribution in [0.5, 0.6) is 0 Å². The van der Waals surface area contributed by atoms with Crippen molar-refractivity contribution >= 4 is 0 Å². The Morgan fingerprint density at radius 1 is 1.21 bits per heavy atom. The first-order valence-corrected chi connectivity index (χ1v) is 4.80. The molecular weight excluding hydrogens is 180 g/mol. The molecule has 14 heavy (non-hydrogen) atoms. The summed E-state index contributed by atoms with van der Waals surface area (Å²) in [5.41, 5.74) is 0.878. The maximum Gasteiger partial charge on any atom is 0.111 e. The topological polar surface area (TPSA) is 38.7 Å². The Morgan fingerprint density at radius 3 is 2.64 bits per heavy atom. The van der Waals surface area contributed by atoms with Crippen molar-refractivity contribution in [1.82, 2.24) is 0 Å². The molecular formula is C11H14O3. The van der Waals surface area contributed by atoms with Gasteiger partial charge in [0, 0.05) is 0 Å². The number of benzene rings is 1. The Bertz CT molecular complexity index is 267. The fraction of sp³-hybridized carbons (Fsp3) is 0.455. The first-order valence-electron chi connectivity index (χ1n) is 4.80. The first-order chi connectivity index (χ1) is 6.88. The van der Waals surface area contributed by atoms with Crippen molar-refractivity contribution in [1.29, 1.82) is 0 Å². The molecule has 1 aliphatic heterocycles. The van der Waals surface area contributed by atoms with Crippen molar-refractivity contribution in [3.05, 3.63) is 35.9 Å². The summed E-state index contributed by atoms with van der Waals surface area (Å²) in [5, 5.41) is 9.94. The zero-order valence-electron chi connectivity index (χ0n) is 7.93. The highest BCUT2D eigenvalue weighted by Gasteiger charge is 2.24. The zero-order chi connectivity index (χ0) is 9.80. The van der Waals surface area contributed by atoms with Crippen molar-refractivity contribution in [2.45, 2.75) is 12.2 Å². The molecule has 0 amide bonds. The van der Waals surface area contributed by atoms with E-state index in [1.807, 2.05) is 30.3 Å². The number of hydrogen-bond acceptors (Lipinski definition) is 3. The lowest BCUT2D eigenvalue weighted by Gasteiger charge is -2.27. The molecule has 0 spiro atoms. The number of rotatable bonds is 2. The molecule has 3 nitrogen and oxygen atoms in total. The van der Waals surface area contributed by atoms with Crippen LogP contribution in [-0.4, -0.2) is 31.0 Å². The number of hydrogen-bond donors (Lipinski definition) is 1. The summed E-state index contributed by atoms with van der Waals surface area (Å²) < 4.78 is 10.7. The smallest absolute Gasteiger partial charge is 0.111 e. The largest absolute Gasteiger partial charge is 0.386 e. The van der Waals surface area contributed by atoms with Crippen molar-refractivity contribution < 1.29 is 14.6 Å². The van der Waals surface area contributed by atoms with Gasteiger partial charge in [0.15, 0.2) is 0 Å². The van der Waals surface area contributed by atoms with E-state index < -0.39 is 6.10 Å². The number of ether oxygens (including phenoxy) is 2. The van der Waals surface area contributed by atoms with Gasteiger partial charge in [-0.05, 0) is 5.56 Å². The van der Waals surface area contributed by atoms with E-state index in [0.29, 0.717) is 19.8 Å². The minimum atomic E-state index is -0.587. The van der Waals surface area contributed by atoms with Gasteiger partial charge in [0.1, 0.15) is 12.2 Å². The molecule has 2 rings (SSSR count). The lowest BCUT2D eigenvalue weighted by molar-refractivity contribution is -0.133. The molecule has 1 fully saturated rings. The predicted molar refractivity (Wildman–Crippen MR) is 52.0 cm³/mol. The van der Waals surface area contributed by atoms with E-state index in [1.54, 1.807) is 0 Å². The van der Waals surface area contributed by atoms with Gasteiger partial charge in [0.25, 0.3) is 0 Å². The normalized spacial score (nSPS) is 24.5. The second-order valence-corrected chi connectivity index (χ2v) is 3.34. The van der Waals surface area contributed by atoms with Crippen LogP contribution in [0.25, 0.3) is 0 Å². The third-order valence-corrected chi connectivity index (χ3v) is 2.33. The molecule has 0 bridgehead atoms. The highest BCUT2D eigenvalue weighted by molar-refractivity contribution is 5.18. The second-order valence-electron chi connectivity index (χ2n) is 3.34. The van der Waals surface area contributed by atoms with E-state index in [4.69, 9.17) is 9.47 Å². The van der Waals surface area contributed by atoms with Crippen LogP contribution in [0.1, 0.15) is 11.7 Å². The fourth-order valence-corrected chi connectivity index (χ4v) is 1.55. The van der Waals surface area contributed by atoms with Crippen LogP contribution < -0.4 is 0 Å². The molecule has 1 heterocycles. The Kier molecular flexibility index (Phi) is 3.14. The van der Waals surface area contributed by atoms with E-state index in [9.17, 15) is 5.11 Å². The first kappa shape index (κ1) is 9.65. The molecule has 0 aliphatic carbocycles. The van der Waals surface area contributed by atoms with E-state index in [-0.39, 0.29) is 6.10 Å². The average molecular weight is 194 g/mol. The Balaban J connectivity index is 2.03. The van der Waals surface area contributed by atoms with Crippen LogP contribution in [0.4, 0.5) is 0 Å². The predicted octanol–water partition coefficient (Wildman–Crippen LogP) is 1.14. The van der Waals surface area contributed by atoms with Gasteiger partial charge in [-0.1, -0.05) is 30.3 Å². The summed E-state index contributed by atoms with van der Waals surface area (Å²) in [6.07, 6.45) is -0.817. The lowest BCUT2D eigenvalue weighted by atomic mass is 10.0. The van der Waals surface area contributed by atoms with Crippen LogP contribution in [0.3, 0.4) is 0 Å². The van der Waals surface area contributed by atoms with Crippen LogP contribution in [0, 0.1) is 0 Å². The summed E-state index contributed by atoms with van der Waals surface area (Å²) >= 11 is 0. The maximum atomic E-state index is 9.94. The van der Waals surface area contributed by atoms with Crippen molar-refractivity contribution in [2.75, 3.05) is 19.8 Å². The molecule has 0 radical (unpaired) electrons. The second kappa shape index (κ2) is 4.55. The minimum absolute atomic E-state index is 0.230. The highest BCUT2D eigenvalue weighted by Crippen LogP contribution is 2.20. The molecule has 0 saturated carbocycles. The molecule has 1 aromatic rings. The summed E-state index contributed by atoms with van der Waals surface area (Å²) in [7, 11) is 0. The minimum Gasteiger partial charge on any atom is -0.386 e. The summed E-state index contributed by atoms with van der Waals surface area (Å²) in [6, 6.07) is 9.52. The van der Waals surface area contributed by atoms with Crippen LogP contribution in [0.2, 0.25) is 0 Å². The van der Waals surface area contributed by atoms with Gasteiger partial charge in [-0.15, -0.1) is 0 Å². The van der Waals surface area contributed by atoms with Gasteiger partial charge in [-0.2, -0.15) is 0 Å². The lowest BCUT2D eigenvalue weighted by Crippen LogP contribution is -2.33. The number of aliphatic hydroxyl groups excluding tert-OH is 1. The Morgan fingerprint density at radius 2 is 2.00 bits per heavy atom. The summed E-state index contributed by atoms with van der Waals surface area (Å²) in [4.78, 5) is 0. The fourth-order valence-electron chi connectivity index (χ4n) is 1.55. The third kappa shape index (κ3) is 2.12. The number of aliphatic hydroxyl groups is 1. The summed E-state index contributed by atoms with van der Waals surface area (Å²) in [5.74, 6) is 0. The molecule has 0 aromatic heterocycles. The molecule has 1 aromatic carbocycles. The van der Waals surface area contributed by atoms with Crippen LogP contribution >= 0.6 is 0 Å². The van der Waals surface area contributed by atoms with Crippen molar-refractivity contribution in [2.24, 2.45) is 0 Å². The van der Waals surface area contributed by atoms with Crippen molar-refractivity contribution in [3.8, 4) is 0 Å². The van der Waals surface area contributed by atoms with Crippen LogP contribution in [0.15, 0.2) is 30.3 Å². The third-order valence-electron chi connectivity index (χ3n) is 2.33. The molecule has 1 saturated heterocycles. The van der Waals surface area contributed by atoms with Crippen LogP contribution in [-0.2, 0) is 9.47 Å². The van der Waals surface area contributed by atoms with E-state index in [1.165, 1.54) is 0 Å². The molecule has 76 valence electrons. The Labute approximate surface area is 83.3 Å². The summed E-state index contributed by atoms with van der Waals surface area (Å²) in [6.45, 7) is 1.66. The SMILES string of the molecule is O[C@H](c1ccccc1)[C@H]1COCCO1. The molecule has 0 unspecified atom stereocenters. The van der Waals surface area contributed by atoms with Gasteiger partial charge in [-0.25, -0.2) is 0 Å². The molecule has 1 aliphatic rings. The van der Waals surface area contributed by atoms with Gasteiger partial charge >= 0.3 is 0 Å². The molecule has 1 N–H and O–H groups in total. The van der Waals surface area contributed by atoms with E-state index in [0.717, 1.165) is 5.56 Å².